The van der Waals surface area contributed by atoms with Crippen molar-refractivity contribution < 1.29 is 14.3 Å². The van der Waals surface area contributed by atoms with Crippen molar-refractivity contribution in [2.75, 3.05) is 19.0 Å². The average molecular weight is 340 g/mol. The van der Waals surface area contributed by atoms with Crippen molar-refractivity contribution in [1.82, 2.24) is 5.32 Å². The molecule has 0 heterocycles. The monoisotopic (exact) mass is 340 g/mol. The zero-order chi connectivity index (χ0) is 18.2. The highest BCUT2D eigenvalue weighted by molar-refractivity contribution is 5.95. The van der Waals surface area contributed by atoms with Crippen LogP contribution < -0.4 is 15.4 Å². The van der Waals surface area contributed by atoms with Crippen molar-refractivity contribution in [2.24, 2.45) is 0 Å². The summed E-state index contributed by atoms with van der Waals surface area (Å²) >= 11 is 0. The van der Waals surface area contributed by atoms with E-state index in [9.17, 15) is 9.59 Å². The number of carbonyl (C=O) groups is 2. The normalized spacial score (nSPS) is 10.2. The lowest BCUT2D eigenvalue weighted by Gasteiger charge is -2.12. The van der Waals surface area contributed by atoms with E-state index in [2.05, 4.69) is 10.6 Å². The van der Waals surface area contributed by atoms with Gasteiger partial charge in [-0.25, -0.2) is 0 Å². The number of ether oxygens (including phenoxy) is 1. The highest BCUT2D eigenvalue weighted by atomic mass is 16.5. The molecule has 0 fully saturated rings. The van der Waals surface area contributed by atoms with Crippen LogP contribution in [0.4, 0.5) is 5.69 Å². The van der Waals surface area contributed by atoms with Gasteiger partial charge in [-0.2, -0.15) is 0 Å². The molecule has 0 unspecified atom stereocenters. The Kier molecular flexibility index (Phi) is 6.57. The zero-order valence-electron chi connectivity index (χ0n) is 14.9. The number of amides is 2. The molecule has 2 aromatic carbocycles. The van der Waals surface area contributed by atoms with E-state index in [1.165, 1.54) is 0 Å². The quantitative estimate of drug-likeness (QED) is 0.814. The number of carbonyl (C=O) groups excluding carboxylic acids is 2. The Morgan fingerprint density at radius 1 is 0.960 bits per heavy atom. The number of hydrogen-bond donors (Lipinski definition) is 2. The molecule has 2 aromatic rings. The third kappa shape index (κ3) is 5.64. The van der Waals surface area contributed by atoms with Gasteiger partial charge in [0.05, 0.1) is 13.7 Å². The largest absolute Gasteiger partial charge is 0.497 e. The molecule has 5 heteroatoms. The maximum Gasteiger partial charge on any atom is 0.243 e. The Balaban J connectivity index is 1.76. The van der Waals surface area contributed by atoms with Crippen LogP contribution in [0, 0.1) is 13.8 Å². The van der Waals surface area contributed by atoms with E-state index < -0.39 is 0 Å². The fourth-order valence-electron chi connectivity index (χ4n) is 2.51. The van der Waals surface area contributed by atoms with Crippen molar-refractivity contribution >= 4 is 17.5 Å². The molecule has 0 spiro atoms. The number of benzene rings is 2. The van der Waals surface area contributed by atoms with Crippen LogP contribution in [-0.4, -0.2) is 25.5 Å². The SMILES string of the molecule is COc1ccc(CCC(=O)NCC(=O)Nc2c(C)cccc2C)cc1. The molecule has 0 saturated heterocycles. The van der Waals surface area contributed by atoms with Crippen LogP contribution in [0.3, 0.4) is 0 Å². The average Bonchev–Trinajstić information content (AvgIpc) is 2.62. The third-order valence-corrected chi connectivity index (χ3v) is 3.99. The fourth-order valence-corrected chi connectivity index (χ4v) is 2.51. The van der Waals surface area contributed by atoms with E-state index in [0.29, 0.717) is 12.8 Å². The van der Waals surface area contributed by atoms with Gasteiger partial charge in [0.15, 0.2) is 0 Å². The van der Waals surface area contributed by atoms with E-state index in [0.717, 1.165) is 28.1 Å². The summed E-state index contributed by atoms with van der Waals surface area (Å²) in [5, 5.41) is 5.51. The van der Waals surface area contributed by atoms with Gasteiger partial charge in [0, 0.05) is 12.1 Å². The lowest BCUT2D eigenvalue weighted by Crippen LogP contribution is -2.33. The predicted octanol–water partition coefficient (Wildman–Crippen LogP) is 3.00. The molecule has 0 aliphatic carbocycles. The van der Waals surface area contributed by atoms with Gasteiger partial charge in [0.1, 0.15) is 5.75 Å². The molecule has 0 radical (unpaired) electrons. The standard InChI is InChI=1S/C20H24N2O3/c1-14-5-4-6-15(2)20(14)22-19(24)13-21-18(23)12-9-16-7-10-17(25-3)11-8-16/h4-8,10-11H,9,12-13H2,1-3H3,(H,21,23)(H,22,24). The Bertz CT molecular complexity index is 719. The summed E-state index contributed by atoms with van der Waals surface area (Å²) < 4.78 is 5.10. The lowest BCUT2D eigenvalue weighted by atomic mass is 10.1. The van der Waals surface area contributed by atoms with Crippen molar-refractivity contribution in [3.63, 3.8) is 0 Å². The van der Waals surface area contributed by atoms with Gasteiger partial charge in [-0.05, 0) is 49.1 Å². The summed E-state index contributed by atoms with van der Waals surface area (Å²) in [6, 6.07) is 13.4. The Morgan fingerprint density at radius 3 is 2.20 bits per heavy atom. The summed E-state index contributed by atoms with van der Waals surface area (Å²) in [6.45, 7) is 3.85. The van der Waals surface area contributed by atoms with Crippen molar-refractivity contribution in [3.8, 4) is 5.75 Å². The van der Waals surface area contributed by atoms with Crippen LogP contribution in [0.5, 0.6) is 5.75 Å². The molecule has 2 rings (SSSR count). The van der Waals surface area contributed by atoms with Gasteiger partial charge in [-0.3, -0.25) is 9.59 Å². The topological polar surface area (TPSA) is 67.4 Å². The van der Waals surface area contributed by atoms with Crippen LogP contribution in [0.1, 0.15) is 23.1 Å². The molecule has 0 aromatic heterocycles. The molecule has 0 saturated carbocycles. The number of methoxy groups -OCH3 is 1. The second-order valence-corrected chi connectivity index (χ2v) is 5.94. The highest BCUT2D eigenvalue weighted by Gasteiger charge is 2.09. The molecule has 2 N–H and O–H groups in total. The van der Waals surface area contributed by atoms with E-state index in [1.54, 1.807) is 7.11 Å². The minimum absolute atomic E-state index is 0.0325. The smallest absolute Gasteiger partial charge is 0.243 e. The van der Waals surface area contributed by atoms with Crippen LogP contribution in [0.15, 0.2) is 42.5 Å². The molecule has 0 aliphatic heterocycles. The Morgan fingerprint density at radius 2 is 1.60 bits per heavy atom. The van der Waals surface area contributed by atoms with Crippen LogP contribution in [-0.2, 0) is 16.0 Å². The number of para-hydroxylation sites is 1. The van der Waals surface area contributed by atoms with Gasteiger partial charge in [-0.15, -0.1) is 0 Å². The van der Waals surface area contributed by atoms with Crippen molar-refractivity contribution in [1.29, 1.82) is 0 Å². The summed E-state index contributed by atoms with van der Waals surface area (Å²) in [5.74, 6) is 0.416. The van der Waals surface area contributed by atoms with E-state index in [-0.39, 0.29) is 18.4 Å². The molecule has 25 heavy (non-hydrogen) atoms. The van der Waals surface area contributed by atoms with E-state index in [1.807, 2.05) is 56.3 Å². The maximum absolute atomic E-state index is 12.0. The zero-order valence-corrected chi connectivity index (χ0v) is 14.9. The Hall–Kier alpha value is -2.82. The summed E-state index contributed by atoms with van der Waals surface area (Å²) in [6.07, 6.45) is 0.956. The molecule has 0 bridgehead atoms. The minimum atomic E-state index is -0.227. The minimum Gasteiger partial charge on any atom is -0.497 e. The lowest BCUT2D eigenvalue weighted by molar-refractivity contribution is -0.124. The van der Waals surface area contributed by atoms with Gasteiger partial charge in [-0.1, -0.05) is 30.3 Å². The second-order valence-electron chi connectivity index (χ2n) is 5.94. The summed E-state index contributed by atoms with van der Waals surface area (Å²) in [5.41, 5.74) is 3.86. The van der Waals surface area contributed by atoms with E-state index >= 15 is 0 Å². The maximum atomic E-state index is 12.0. The van der Waals surface area contributed by atoms with Crippen LogP contribution >= 0.6 is 0 Å². The van der Waals surface area contributed by atoms with Gasteiger partial charge < -0.3 is 15.4 Å². The van der Waals surface area contributed by atoms with Crippen molar-refractivity contribution in [2.45, 2.75) is 26.7 Å². The fraction of sp³-hybridized carbons (Fsp3) is 0.300. The predicted molar refractivity (Wildman–Crippen MR) is 98.9 cm³/mol. The number of hydrogen-bond acceptors (Lipinski definition) is 3. The molecule has 5 nitrogen and oxygen atoms in total. The Labute approximate surface area is 148 Å². The number of aryl methyl sites for hydroxylation is 3. The van der Waals surface area contributed by atoms with Crippen LogP contribution in [0.25, 0.3) is 0 Å². The van der Waals surface area contributed by atoms with Gasteiger partial charge in [0.25, 0.3) is 0 Å². The van der Waals surface area contributed by atoms with Gasteiger partial charge >= 0.3 is 0 Å². The van der Waals surface area contributed by atoms with Crippen LogP contribution in [0.2, 0.25) is 0 Å². The second kappa shape index (κ2) is 8.87. The third-order valence-electron chi connectivity index (χ3n) is 3.99. The molecule has 0 atom stereocenters. The molecular weight excluding hydrogens is 316 g/mol. The summed E-state index contributed by atoms with van der Waals surface area (Å²) in [7, 11) is 1.62. The number of rotatable bonds is 7. The first-order valence-electron chi connectivity index (χ1n) is 8.25. The first-order valence-corrected chi connectivity index (χ1v) is 8.25. The number of anilines is 1. The van der Waals surface area contributed by atoms with Gasteiger partial charge in [0.2, 0.25) is 11.8 Å². The summed E-state index contributed by atoms with van der Waals surface area (Å²) in [4.78, 5) is 23.9. The first kappa shape index (κ1) is 18.5. The van der Waals surface area contributed by atoms with E-state index in [4.69, 9.17) is 4.74 Å². The highest BCUT2D eigenvalue weighted by Crippen LogP contribution is 2.19. The van der Waals surface area contributed by atoms with Crippen molar-refractivity contribution in [3.05, 3.63) is 59.2 Å². The molecule has 132 valence electrons. The number of nitrogens with one attached hydrogen (secondary N) is 2. The first-order chi connectivity index (χ1) is 12.0. The molecular formula is C20H24N2O3. The molecule has 0 aliphatic rings. The molecule has 2 amide bonds.